The fraction of sp³-hybridized carbons (Fsp3) is 0.0455. The van der Waals surface area contributed by atoms with Crippen LogP contribution < -0.4 is 0 Å². The van der Waals surface area contributed by atoms with E-state index < -0.39 is 5.41 Å². The topological polar surface area (TPSA) is 25.8 Å². The van der Waals surface area contributed by atoms with E-state index in [2.05, 4.69) is 145 Å². The normalized spacial score (nSPS) is 15.5. The monoisotopic (exact) mass is 588 g/mol. The van der Waals surface area contributed by atoms with Gasteiger partial charge < -0.3 is 0 Å². The van der Waals surface area contributed by atoms with Crippen LogP contribution in [0.25, 0.3) is 55.3 Å². The zero-order valence-electron chi connectivity index (χ0n) is 25.7. The Bertz CT molecular complexity index is 2330. The Morgan fingerprint density at radius 1 is 0.630 bits per heavy atom. The van der Waals surface area contributed by atoms with Crippen LogP contribution in [0.2, 0.25) is 0 Å². The number of allylic oxidation sites excluding steroid dienone is 5. The summed E-state index contributed by atoms with van der Waals surface area (Å²) < 4.78 is 0. The summed E-state index contributed by atoms with van der Waals surface area (Å²) >= 11 is 0. The second-order valence-electron chi connectivity index (χ2n) is 11.8. The predicted octanol–water partition coefficient (Wildman–Crippen LogP) is 11.1. The van der Waals surface area contributed by atoms with Gasteiger partial charge in [-0.1, -0.05) is 128 Å². The molecule has 8 rings (SSSR count). The van der Waals surface area contributed by atoms with E-state index in [9.17, 15) is 0 Å². The first-order valence-electron chi connectivity index (χ1n) is 15.7. The standard InChI is InChI=1S/C44H32N2/c1-3-4-6-16-30(2)44(33-19-7-5-8-20-33)39-23-11-9-21-34(39)37-28-36-35-22-10-12-25-42(35)46-43(38(36)29-40(37)44)32-18-15-17-31(27-32)41-24-13-14-26-45-41/h3-29H,2H2,1H3/b4-3-,16-6-. The number of hydrogen-bond acceptors (Lipinski definition) is 2. The molecule has 0 bridgehead atoms. The van der Waals surface area contributed by atoms with Crippen molar-refractivity contribution in [2.24, 2.45) is 0 Å². The van der Waals surface area contributed by atoms with Gasteiger partial charge in [0.1, 0.15) is 0 Å². The Balaban J connectivity index is 1.48. The Morgan fingerprint density at radius 3 is 2.26 bits per heavy atom. The van der Waals surface area contributed by atoms with Crippen LogP contribution in [0.3, 0.4) is 0 Å². The highest BCUT2D eigenvalue weighted by Crippen LogP contribution is 2.57. The Hall–Kier alpha value is -5.86. The molecule has 0 radical (unpaired) electrons. The van der Waals surface area contributed by atoms with Crippen molar-refractivity contribution in [1.82, 2.24) is 9.97 Å². The number of nitrogens with zero attached hydrogens (tertiary/aromatic N) is 2. The Kier molecular flexibility index (Phi) is 6.77. The molecule has 1 aliphatic rings. The smallest absolute Gasteiger partial charge is 0.0788 e. The van der Waals surface area contributed by atoms with E-state index in [-0.39, 0.29) is 0 Å². The highest BCUT2D eigenvalue weighted by Gasteiger charge is 2.46. The lowest BCUT2D eigenvalue weighted by atomic mass is 9.67. The quantitative estimate of drug-likeness (QED) is 0.143. The maximum absolute atomic E-state index is 5.34. The third-order valence-corrected chi connectivity index (χ3v) is 9.25. The molecule has 7 aromatic rings. The molecule has 2 heteroatoms. The van der Waals surface area contributed by atoms with Crippen LogP contribution >= 0.6 is 0 Å². The van der Waals surface area contributed by atoms with Gasteiger partial charge >= 0.3 is 0 Å². The van der Waals surface area contributed by atoms with Crippen molar-refractivity contribution in [2.45, 2.75) is 12.3 Å². The van der Waals surface area contributed by atoms with E-state index in [0.29, 0.717) is 0 Å². The first-order chi connectivity index (χ1) is 22.7. The number of fused-ring (bicyclic) bond motifs is 6. The summed E-state index contributed by atoms with van der Waals surface area (Å²) in [6.45, 7) is 6.80. The van der Waals surface area contributed by atoms with Gasteiger partial charge in [-0.3, -0.25) is 4.98 Å². The van der Waals surface area contributed by atoms with Crippen molar-refractivity contribution in [1.29, 1.82) is 0 Å². The first-order valence-corrected chi connectivity index (χ1v) is 15.7. The van der Waals surface area contributed by atoms with Crippen LogP contribution in [0, 0.1) is 0 Å². The molecule has 1 aliphatic carbocycles. The largest absolute Gasteiger partial charge is 0.256 e. The third-order valence-electron chi connectivity index (χ3n) is 9.25. The summed E-state index contributed by atoms with van der Waals surface area (Å²) in [5.74, 6) is 0. The van der Waals surface area contributed by atoms with E-state index in [1.165, 1.54) is 33.2 Å². The first kappa shape index (κ1) is 27.7. The molecule has 0 N–H and O–H groups in total. The molecule has 2 aromatic heterocycles. The second kappa shape index (κ2) is 11.3. The van der Waals surface area contributed by atoms with Crippen LogP contribution in [0.15, 0.2) is 176 Å². The van der Waals surface area contributed by atoms with Crippen molar-refractivity contribution in [3.8, 4) is 33.6 Å². The van der Waals surface area contributed by atoms with E-state index in [1.807, 2.05) is 31.3 Å². The lowest BCUT2D eigenvalue weighted by molar-refractivity contribution is 0.771. The van der Waals surface area contributed by atoms with Gasteiger partial charge in [0.2, 0.25) is 0 Å². The van der Waals surface area contributed by atoms with Crippen LogP contribution in [-0.4, -0.2) is 9.97 Å². The van der Waals surface area contributed by atoms with Gasteiger partial charge in [0, 0.05) is 28.1 Å². The molecule has 218 valence electrons. The highest BCUT2D eigenvalue weighted by molar-refractivity contribution is 6.13. The van der Waals surface area contributed by atoms with Gasteiger partial charge in [0.15, 0.2) is 0 Å². The predicted molar refractivity (Wildman–Crippen MR) is 193 cm³/mol. The number of rotatable bonds is 6. The Labute approximate surface area is 269 Å². The van der Waals surface area contributed by atoms with Gasteiger partial charge in [-0.2, -0.15) is 0 Å². The molecule has 0 saturated heterocycles. The molecule has 0 aliphatic heterocycles. The van der Waals surface area contributed by atoms with Gasteiger partial charge in [-0.05, 0) is 82.1 Å². The number of benzene rings is 5. The molecule has 1 atom stereocenters. The SMILES string of the molecule is C=C(/C=C\C=C/C)C1(c2ccccc2)c2ccccc2-c2cc3c(cc21)c(-c1cccc(-c2ccccn2)c1)nc1ccccc13. The summed E-state index contributed by atoms with van der Waals surface area (Å²) in [4.78, 5) is 9.97. The van der Waals surface area contributed by atoms with Crippen LogP contribution in [-0.2, 0) is 5.41 Å². The Morgan fingerprint density at radius 2 is 1.41 bits per heavy atom. The molecule has 46 heavy (non-hydrogen) atoms. The average Bonchev–Trinajstić information content (AvgIpc) is 3.41. The molecule has 0 saturated carbocycles. The van der Waals surface area contributed by atoms with Crippen molar-refractivity contribution < 1.29 is 0 Å². The summed E-state index contributed by atoms with van der Waals surface area (Å²) in [6.07, 6.45) is 10.2. The van der Waals surface area contributed by atoms with Gasteiger partial charge in [0.05, 0.1) is 22.3 Å². The lowest BCUT2D eigenvalue weighted by Crippen LogP contribution is -2.28. The zero-order valence-corrected chi connectivity index (χ0v) is 25.7. The number of hydrogen-bond donors (Lipinski definition) is 0. The van der Waals surface area contributed by atoms with Crippen molar-refractivity contribution >= 4 is 21.7 Å². The minimum atomic E-state index is -0.571. The van der Waals surface area contributed by atoms with Crippen LogP contribution in [0.5, 0.6) is 0 Å². The van der Waals surface area contributed by atoms with Crippen LogP contribution in [0.4, 0.5) is 0 Å². The summed E-state index contributed by atoms with van der Waals surface area (Å²) in [5.41, 5.74) is 11.6. The molecule has 0 fully saturated rings. The maximum atomic E-state index is 5.34. The fourth-order valence-electron chi connectivity index (χ4n) is 7.24. The second-order valence-corrected chi connectivity index (χ2v) is 11.8. The highest BCUT2D eigenvalue weighted by atomic mass is 14.7. The molecule has 2 nitrogen and oxygen atoms in total. The molecule has 1 unspecified atom stereocenters. The van der Waals surface area contributed by atoms with E-state index >= 15 is 0 Å². The number of pyridine rings is 2. The lowest BCUT2D eigenvalue weighted by Gasteiger charge is -2.34. The average molecular weight is 589 g/mol. The third kappa shape index (κ3) is 4.26. The van der Waals surface area contributed by atoms with Crippen molar-refractivity contribution in [2.75, 3.05) is 0 Å². The molecular formula is C44H32N2. The van der Waals surface area contributed by atoms with E-state index in [4.69, 9.17) is 11.6 Å². The number of para-hydroxylation sites is 1. The van der Waals surface area contributed by atoms with Crippen LogP contribution in [0.1, 0.15) is 23.6 Å². The maximum Gasteiger partial charge on any atom is 0.0788 e. The van der Waals surface area contributed by atoms with E-state index in [1.54, 1.807) is 0 Å². The van der Waals surface area contributed by atoms with Gasteiger partial charge in [-0.15, -0.1) is 0 Å². The summed E-state index contributed by atoms with van der Waals surface area (Å²) in [6, 6.07) is 47.5. The van der Waals surface area contributed by atoms with Crippen molar-refractivity contribution in [3.05, 3.63) is 193 Å². The minimum absolute atomic E-state index is 0.571. The van der Waals surface area contributed by atoms with E-state index in [0.717, 1.165) is 44.4 Å². The van der Waals surface area contributed by atoms with Gasteiger partial charge in [-0.25, -0.2) is 4.98 Å². The fourth-order valence-corrected chi connectivity index (χ4v) is 7.24. The summed E-state index contributed by atoms with van der Waals surface area (Å²) in [5, 5.41) is 3.46. The number of aromatic nitrogens is 2. The molecule has 2 heterocycles. The van der Waals surface area contributed by atoms with Crippen molar-refractivity contribution in [3.63, 3.8) is 0 Å². The zero-order chi connectivity index (χ0) is 31.1. The molecular weight excluding hydrogens is 556 g/mol. The molecule has 0 spiro atoms. The molecule has 0 amide bonds. The summed E-state index contributed by atoms with van der Waals surface area (Å²) in [7, 11) is 0. The van der Waals surface area contributed by atoms with Gasteiger partial charge in [0.25, 0.3) is 0 Å². The molecule has 5 aromatic carbocycles. The minimum Gasteiger partial charge on any atom is -0.256 e.